The normalized spacial score (nSPS) is 38.5. The minimum atomic E-state index is -1.19. The van der Waals surface area contributed by atoms with E-state index in [0.29, 0.717) is 40.7 Å². The lowest BCUT2D eigenvalue weighted by Gasteiger charge is -2.47. The summed E-state index contributed by atoms with van der Waals surface area (Å²) in [6.07, 6.45) is -2.81. The third kappa shape index (κ3) is 8.61. The van der Waals surface area contributed by atoms with Gasteiger partial charge in [-0.2, -0.15) is 0 Å². The molecule has 318 valence electrons. The van der Waals surface area contributed by atoms with Gasteiger partial charge in [-0.25, -0.2) is 4.99 Å². The molecular formula is C41H58N6O10S. The fraction of sp³-hybridized carbons (Fsp3) is 0.707. The number of aliphatic hydroxyl groups is 1. The second-order valence-corrected chi connectivity index (χ2v) is 17.7. The minimum absolute atomic E-state index is 0.137. The van der Waals surface area contributed by atoms with Gasteiger partial charge in [-0.05, 0) is 79.1 Å². The molecule has 6 heterocycles. The zero-order chi connectivity index (χ0) is 42.2. The maximum absolute atomic E-state index is 14.3. The highest BCUT2D eigenvalue weighted by Gasteiger charge is 2.58. The van der Waals surface area contributed by atoms with Crippen LogP contribution in [-0.4, -0.2) is 124 Å². The van der Waals surface area contributed by atoms with Gasteiger partial charge in [0.05, 0.1) is 17.8 Å². The van der Waals surface area contributed by atoms with Crippen molar-refractivity contribution in [1.82, 2.24) is 20.1 Å². The van der Waals surface area contributed by atoms with E-state index in [0.717, 1.165) is 0 Å². The highest BCUT2D eigenvalue weighted by molar-refractivity contribution is 7.14. The van der Waals surface area contributed by atoms with E-state index in [1.807, 2.05) is 71.8 Å². The molecule has 2 aromatic heterocycles. The molecule has 0 aliphatic carbocycles. The number of likely N-dealkylation sites (N-methyl/N-ethyl adjacent to an activating group) is 1. The fourth-order valence-corrected chi connectivity index (χ4v) is 9.82. The molecule has 4 aliphatic heterocycles. The van der Waals surface area contributed by atoms with Crippen LogP contribution in [0.25, 0.3) is 10.7 Å². The molecule has 0 radical (unpaired) electrons. The van der Waals surface area contributed by atoms with Crippen LogP contribution in [0.5, 0.6) is 0 Å². The molecule has 4 aliphatic rings. The Morgan fingerprint density at radius 2 is 1.81 bits per heavy atom. The number of aliphatic imine (C=N–C) groups is 1. The fourth-order valence-electron chi connectivity index (χ4n) is 9.03. The van der Waals surface area contributed by atoms with Crippen LogP contribution in [0, 0.1) is 35.5 Å². The molecule has 3 fully saturated rings. The topological polar surface area (TPSA) is 193 Å². The first-order valence-electron chi connectivity index (χ1n) is 20.2. The van der Waals surface area contributed by atoms with E-state index in [-0.39, 0.29) is 29.8 Å². The quantitative estimate of drug-likeness (QED) is 0.209. The van der Waals surface area contributed by atoms with Gasteiger partial charge in [-0.1, -0.05) is 50.3 Å². The lowest BCUT2D eigenvalue weighted by molar-refractivity contribution is -0.295. The third-order valence-electron chi connectivity index (χ3n) is 12.4. The maximum atomic E-state index is 14.3. The standard InChI is InChI=1S/C41H58N6O10S/c1-12-27-33-28-21(4)30(43-35(29(28)39(51)55-33)46-57-24(7)36-44-45-37(58-36)25-15-13-14-16-42-25)19(2)18-41(8,52-11)34(22(5)31(48)23(6)38(50)54-27)56-40-32(49)26(47(9)10)17-20(3)53-40/h13-16,19-24,26-29,32-34,40,49H,12,17-18H2,1-11H3/b46-35-/t19-,20-,21-,22+,23-,24+,26+,27+,28+,29-,32-,33?,34-,40?,41-/m1/s1. The van der Waals surface area contributed by atoms with Crippen LogP contribution in [0.3, 0.4) is 0 Å². The summed E-state index contributed by atoms with van der Waals surface area (Å²) < 4.78 is 31.3. The van der Waals surface area contributed by atoms with Crippen molar-refractivity contribution in [3.8, 4) is 10.7 Å². The van der Waals surface area contributed by atoms with E-state index in [1.165, 1.54) is 18.3 Å². The number of aliphatic hydroxyl groups excluding tert-OH is 1. The summed E-state index contributed by atoms with van der Waals surface area (Å²) in [7, 11) is 5.32. The number of methoxy groups -OCH3 is 1. The Kier molecular flexibility index (Phi) is 13.5. The van der Waals surface area contributed by atoms with Crippen molar-refractivity contribution in [3.63, 3.8) is 0 Å². The number of oxime groups is 1. The maximum Gasteiger partial charge on any atom is 0.317 e. The SMILES string of the molecule is CC[C@@H]1OC(=O)[C@H](C)C(=O)[C@H](C)[C@@H](OC2O[C@H](C)C[C@H](N(C)C)[C@H]2O)[C@](C)(OC)C[C@@H](C)C2=N/C(=N\O[C@@H](C)c3nnc(-c4ccccn4)s3)[C@@H]3C(=O)OC1[C@H]3[C@H]2C. The lowest BCUT2D eigenvalue weighted by atomic mass is 9.69. The summed E-state index contributed by atoms with van der Waals surface area (Å²) in [6, 6.07) is 5.27. The molecule has 0 spiro atoms. The van der Waals surface area contributed by atoms with Crippen LogP contribution in [0.2, 0.25) is 0 Å². The van der Waals surface area contributed by atoms with E-state index in [2.05, 4.69) is 20.3 Å². The molecule has 2 bridgehead atoms. The first-order chi connectivity index (χ1) is 27.5. The number of pyridine rings is 1. The van der Waals surface area contributed by atoms with Gasteiger partial charge in [-0.15, -0.1) is 10.2 Å². The van der Waals surface area contributed by atoms with Gasteiger partial charge in [0.15, 0.2) is 34.0 Å². The van der Waals surface area contributed by atoms with Gasteiger partial charge >= 0.3 is 11.9 Å². The Bertz CT molecular complexity index is 1860. The third-order valence-corrected chi connectivity index (χ3v) is 13.5. The number of Topliss-reactive ketones (excluding diaryl/α,β-unsaturated/α-hetero) is 1. The Balaban J connectivity index is 1.39. The van der Waals surface area contributed by atoms with Crippen LogP contribution in [0.1, 0.15) is 85.8 Å². The molecule has 3 saturated heterocycles. The molecule has 2 unspecified atom stereocenters. The summed E-state index contributed by atoms with van der Waals surface area (Å²) in [6.45, 7) is 14.6. The molecule has 0 aromatic carbocycles. The number of ether oxygens (including phenoxy) is 5. The molecule has 58 heavy (non-hydrogen) atoms. The highest BCUT2D eigenvalue weighted by atomic mass is 32.1. The second kappa shape index (κ2) is 17.9. The van der Waals surface area contributed by atoms with Crippen LogP contribution in [0.4, 0.5) is 0 Å². The van der Waals surface area contributed by atoms with E-state index in [1.54, 1.807) is 27.2 Å². The Labute approximate surface area is 344 Å². The van der Waals surface area contributed by atoms with Crippen molar-refractivity contribution in [3.05, 3.63) is 29.4 Å². The lowest BCUT2D eigenvalue weighted by Crippen LogP contribution is -2.59. The first kappa shape index (κ1) is 43.8. The number of nitrogens with zero attached hydrogens (tertiary/aromatic N) is 6. The molecule has 6 rings (SSSR count). The van der Waals surface area contributed by atoms with E-state index >= 15 is 0 Å². The predicted molar refractivity (Wildman–Crippen MR) is 214 cm³/mol. The van der Waals surface area contributed by atoms with Crippen molar-refractivity contribution in [2.24, 2.45) is 45.7 Å². The molecule has 1 N–H and O–H groups in total. The van der Waals surface area contributed by atoms with Gasteiger partial charge in [0, 0.05) is 42.8 Å². The number of aromatic nitrogens is 3. The monoisotopic (exact) mass is 826 g/mol. The average Bonchev–Trinajstić information content (AvgIpc) is 3.84. The van der Waals surface area contributed by atoms with Gasteiger partial charge in [0.1, 0.15) is 35.8 Å². The Hall–Kier alpha value is -3.74. The van der Waals surface area contributed by atoms with Crippen LogP contribution >= 0.6 is 11.3 Å². The minimum Gasteiger partial charge on any atom is -0.458 e. The number of esters is 2. The summed E-state index contributed by atoms with van der Waals surface area (Å²) >= 11 is 1.32. The number of hydrogen-bond acceptors (Lipinski definition) is 16. The molecule has 0 saturated carbocycles. The largest absolute Gasteiger partial charge is 0.458 e. The second-order valence-electron chi connectivity index (χ2n) is 16.7. The molecule has 17 heteroatoms. The smallest absolute Gasteiger partial charge is 0.317 e. The number of cyclic esters (lactones) is 1. The molecule has 16 nitrogen and oxygen atoms in total. The van der Waals surface area contributed by atoms with Gasteiger partial charge in [0.25, 0.3) is 0 Å². The zero-order valence-electron chi connectivity index (χ0n) is 35.2. The molecular weight excluding hydrogens is 769 g/mol. The number of carbonyl (C=O) groups is 3. The van der Waals surface area contributed by atoms with E-state index in [4.69, 9.17) is 33.5 Å². The highest BCUT2D eigenvalue weighted by Crippen LogP contribution is 2.45. The Morgan fingerprint density at radius 3 is 2.47 bits per heavy atom. The molecule has 2 aromatic rings. The van der Waals surface area contributed by atoms with Crippen molar-refractivity contribution >= 4 is 40.6 Å². The molecule has 15 atom stereocenters. The Morgan fingerprint density at radius 1 is 1.07 bits per heavy atom. The average molecular weight is 827 g/mol. The van der Waals surface area contributed by atoms with Crippen LogP contribution < -0.4 is 0 Å². The van der Waals surface area contributed by atoms with E-state index in [9.17, 15) is 19.5 Å². The van der Waals surface area contributed by atoms with Crippen molar-refractivity contribution in [2.75, 3.05) is 21.2 Å². The predicted octanol–water partition coefficient (Wildman–Crippen LogP) is 4.66. The number of rotatable bonds is 9. The number of hydrogen-bond donors (Lipinski definition) is 1. The van der Waals surface area contributed by atoms with Crippen LogP contribution in [0.15, 0.2) is 34.5 Å². The van der Waals surface area contributed by atoms with Crippen molar-refractivity contribution in [2.45, 2.75) is 129 Å². The van der Waals surface area contributed by atoms with E-state index < -0.39 is 83.8 Å². The summed E-state index contributed by atoms with van der Waals surface area (Å²) in [5.74, 6) is -5.79. The van der Waals surface area contributed by atoms with Crippen molar-refractivity contribution < 1.29 is 48.0 Å². The number of fused-ring (bicyclic) bond motifs is 1. The van der Waals surface area contributed by atoms with Gasteiger partial charge < -0.3 is 38.5 Å². The zero-order valence-corrected chi connectivity index (χ0v) is 36.0. The number of ketones is 1. The molecule has 0 amide bonds. The summed E-state index contributed by atoms with van der Waals surface area (Å²) in [5, 5.41) is 25.8. The van der Waals surface area contributed by atoms with Gasteiger partial charge in [-0.3, -0.25) is 19.4 Å². The number of amidine groups is 1. The first-order valence-corrected chi connectivity index (χ1v) is 21.0. The summed E-state index contributed by atoms with van der Waals surface area (Å²) in [5.41, 5.74) is 0.203. The number of carbonyl (C=O) groups excluding carboxylic acids is 3. The van der Waals surface area contributed by atoms with Crippen molar-refractivity contribution in [1.29, 1.82) is 0 Å². The summed E-state index contributed by atoms with van der Waals surface area (Å²) in [4.78, 5) is 59.3. The van der Waals surface area contributed by atoms with Crippen LogP contribution in [-0.2, 0) is 42.9 Å². The van der Waals surface area contributed by atoms with Gasteiger partial charge in [0.2, 0.25) is 0 Å².